The van der Waals surface area contributed by atoms with E-state index in [2.05, 4.69) is 5.32 Å². The largest absolute Gasteiger partial charge is 0.479 e. The maximum Gasteiger partial charge on any atom is 0.329 e. The molecule has 1 unspecified atom stereocenters. The Morgan fingerprint density at radius 2 is 2.06 bits per heavy atom. The van der Waals surface area contributed by atoms with Crippen molar-refractivity contribution < 1.29 is 9.90 Å². The minimum atomic E-state index is -0.846. The number of carboxylic acid groups (broad SMARTS) is 1. The van der Waals surface area contributed by atoms with Gasteiger partial charge in [0.05, 0.1) is 0 Å². The van der Waals surface area contributed by atoms with Crippen molar-refractivity contribution in [3.8, 4) is 0 Å². The Morgan fingerprint density at radius 1 is 1.33 bits per heavy atom. The van der Waals surface area contributed by atoms with Crippen molar-refractivity contribution in [1.82, 2.24) is 0 Å². The molecule has 2 N–H and O–H groups in total. The van der Waals surface area contributed by atoms with Crippen molar-refractivity contribution >= 4 is 11.7 Å². The Hall–Kier alpha value is -1.51. The third-order valence-corrected chi connectivity index (χ3v) is 4.25. The topological polar surface area (TPSA) is 49.3 Å². The molecule has 0 amide bonds. The Kier molecular flexibility index (Phi) is 3.09. The summed E-state index contributed by atoms with van der Waals surface area (Å²) in [4.78, 5) is 11.8. The molecule has 0 spiro atoms. The van der Waals surface area contributed by atoms with E-state index in [0.29, 0.717) is 6.42 Å². The van der Waals surface area contributed by atoms with Gasteiger partial charge in [0.1, 0.15) is 5.54 Å². The number of hydrogen-bond donors (Lipinski definition) is 2. The van der Waals surface area contributed by atoms with Crippen LogP contribution in [0.3, 0.4) is 0 Å². The van der Waals surface area contributed by atoms with E-state index in [0.717, 1.165) is 24.1 Å². The molecule has 0 aliphatic heterocycles. The van der Waals surface area contributed by atoms with Gasteiger partial charge in [0.25, 0.3) is 0 Å². The Bertz CT molecular complexity index is 467. The summed E-state index contributed by atoms with van der Waals surface area (Å²) < 4.78 is 0. The first-order valence-corrected chi connectivity index (χ1v) is 6.46. The smallest absolute Gasteiger partial charge is 0.329 e. The number of carboxylic acids is 1. The maximum atomic E-state index is 11.8. The molecule has 1 saturated carbocycles. The van der Waals surface area contributed by atoms with Crippen LogP contribution < -0.4 is 5.32 Å². The minimum absolute atomic E-state index is 0.234. The summed E-state index contributed by atoms with van der Waals surface area (Å²) in [6.07, 6.45) is 2.58. The molecular formula is C15H21NO2. The summed E-state index contributed by atoms with van der Waals surface area (Å²) in [7, 11) is 0. The third-order valence-electron chi connectivity index (χ3n) is 4.25. The van der Waals surface area contributed by atoms with Crippen molar-refractivity contribution in [3.05, 3.63) is 29.8 Å². The predicted molar refractivity (Wildman–Crippen MR) is 72.8 cm³/mol. The van der Waals surface area contributed by atoms with Crippen molar-refractivity contribution in [1.29, 1.82) is 0 Å². The average molecular weight is 247 g/mol. The summed E-state index contributed by atoms with van der Waals surface area (Å²) in [5.41, 5.74) is 0.951. The van der Waals surface area contributed by atoms with Crippen molar-refractivity contribution in [3.63, 3.8) is 0 Å². The molecule has 1 aromatic rings. The Balaban J connectivity index is 2.36. The summed E-state index contributed by atoms with van der Waals surface area (Å²) in [6.45, 7) is 6.09. The lowest BCUT2D eigenvalue weighted by molar-refractivity contribution is -0.145. The maximum absolute atomic E-state index is 11.8. The molecule has 18 heavy (non-hydrogen) atoms. The van der Waals surface area contributed by atoms with E-state index in [4.69, 9.17) is 0 Å². The number of hydrogen-bond acceptors (Lipinski definition) is 2. The fourth-order valence-corrected chi connectivity index (χ4v) is 3.00. The standard InChI is InChI=1S/C15H21NO2/c1-11-6-4-7-12(10-11)16-15(13(17)18)9-5-8-14(15,2)3/h4,6-7,10,16H,5,8-9H2,1-3H3,(H,17,18). The van der Waals surface area contributed by atoms with Crippen LogP contribution in [0.25, 0.3) is 0 Å². The zero-order valence-electron chi connectivity index (χ0n) is 11.3. The molecule has 3 nitrogen and oxygen atoms in total. The fraction of sp³-hybridized carbons (Fsp3) is 0.533. The lowest BCUT2D eigenvalue weighted by Crippen LogP contribution is -2.54. The number of anilines is 1. The third kappa shape index (κ3) is 1.98. The van der Waals surface area contributed by atoms with Gasteiger partial charge >= 0.3 is 5.97 Å². The number of benzene rings is 1. The zero-order chi connectivity index (χ0) is 13.4. The second-order valence-electron chi connectivity index (χ2n) is 5.94. The molecule has 1 aromatic carbocycles. The molecule has 1 aliphatic rings. The molecule has 0 aromatic heterocycles. The van der Waals surface area contributed by atoms with Gasteiger partial charge in [-0.2, -0.15) is 0 Å². The number of aryl methyl sites for hydroxylation is 1. The van der Waals surface area contributed by atoms with Crippen LogP contribution >= 0.6 is 0 Å². The van der Waals surface area contributed by atoms with E-state index in [9.17, 15) is 9.90 Å². The quantitative estimate of drug-likeness (QED) is 0.860. The van der Waals surface area contributed by atoms with Gasteiger partial charge in [0.15, 0.2) is 0 Å². The SMILES string of the molecule is Cc1cccc(NC2(C(=O)O)CCCC2(C)C)c1. The van der Waals surface area contributed by atoms with Crippen LogP contribution in [-0.2, 0) is 4.79 Å². The second-order valence-corrected chi connectivity index (χ2v) is 5.94. The van der Waals surface area contributed by atoms with Gasteiger partial charge in [-0.15, -0.1) is 0 Å². The molecule has 0 heterocycles. The monoisotopic (exact) mass is 247 g/mol. The van der Waals surface area contributed by atoms with Gasteiger partial charge < -0.3 is 10.4 Å². The molecule has 2 rings (SSSR count). The van der Waals surface area contributed by atoms with Gasteiger partial charge in [0.2, 0.25) is 0 Å². The molecule has 1 fully saturated rings. The van der Waals surface area contributed by atoms with E-state index in [1.54, 1.807) is 0 Å². The first-order chi connectivity index (χ1) is 8.37. The number of nitrogens with one attached hydrogen (secondary N) is 1. The average Bonchev–Trinajstić information content (AvgIpc) is 2.55. The molecule has 1 aliphatic carbocycles. The summed E-state index contributed by atoms with van der Waals surface area (Å²) in [5.74, 6) is -0.744. The number of carbonyl (C=O) groups is 1. The molecule has 0 saturated heterocycles. The molecule has 0 bridgehead atoms. The van der Waals surface area contributed by atoms with Gasteiger partial charge in [-0.3, -0.25) is 0 Å². The van der Waals surface area contributed by atoms with Crippen LogP contribution in [0.15, 0.2) is 24.3 Å². The van der Waals surface area contributed by atoms with Crippen molar-refractivity contribution in [2.75, 3.05) is 5.32 Å². The van der Waals surface area contributed by atoms with Crippen LogP contribution in [-0.4, -0.2) is 16.6 Å². The first-order valence-electron chi connectivity index (χ1n) is 6.46. The van der Waals surface area contributed by atoms with Crippen LogP contribution in [0.5, 0.6) is 0 Å². The van der Waals surface area contributed by atoms with E-state index in [-0.39, 0.29) is 5.41 Å². The highest BCUT2D eigenvalue weighted by Gasteiger charge is 2.54. The second kappa shape index (κ2) is 4.30. The van der Waals surface area contributed by atoms with Crippen LogP contribution in [0.2, 0.25) is 0 Å². The molecule has 1 atom stereocenters. The molecule has 0 radical (unpaired) electrons. The van der Waals surface area contributed by atoms with Crippen molar-refractivity contribution in [2.24, 2.45) is 5.41 Å². The highest BCUT2D eigenvalue weighted by Crippen LogP contribution is 2.48. The lowest BCUT2D eigenvalue weighted by atomic mass is 9.74. The summed E-state index contributed by atoms with van der Waals surface area (Å²) in [6, 6.07) is 7.90. The van der Waals surface area contributed by atoms with Gasteiger partial charge in [-0.05, 0) is 49.3 Å². The summed E-state index contributed by atoms with van der Waals surface area (Å²) >= 11 is 0. The zero-order valence-corrected chi connectivity index (χ0v) is 11.3. The van der Waals surface area contributed by atoms with E-state index in [1.165, 1.54) is 0 Å². The van der Waals surface area contributed by atoms with E-state index >= 15 is 0 Å². The highest BCUT2D eigenvalue weighted by molar-refractivity contribution is 5.84. The van der Waals surface area contributed by atoms with Gasteiger partial charge in [0, 0.05) is 5.69 Å². The van der Waals surface area contributed by atoms with Crippen LogP contribution in [0, 0.1) is 12.3 Å². The van der Waals surface area contributed by atoms with E-state index in [1.807, 2.05) is 45.0 Å². The normalized spacial score (nSPS) is 25.9. The number of rotatable bonds is 3. The number of aliphatic carboxylic acids is 1. The molecule has 3 heteroatoms. The van der Waals surface area contributed by atoms with Gasteiger partial charge in [-0.1, -0.05) is 26.0 Å². The van der Waals surface area contributed by atoms with Crippen molar-refractivity contribution in [2.45, 2.75) is 45.6 Å². The van der Waals surface area contributed by atoms with E-state index < -0.39 is 11.5 Å². The fourth-order valence-electron chi connectivity index (χ4n) is 3.00. The lowest BCUT2D eigenvalue weighted by Gasteiger charge is -2.39. The van der Waals surface area contributed by atoms with Gasteiger partial charge in [-0.25, -0.2) is 4.79 Å². The molecule has 98 valence electrons. The summed E-state index contributed by atoms with van der Waals surface area (Å²) in [5, 5.41) is 13.0. The van der Waals surface area contributed by atoms with Crippen LogP contribution in [0.1, 0.15) is 38.7 Å². The first kappa shape index (κ1) is 12.9. The molecular weight excluding hydrogens is 226 g/mol. The Morgan fingerprint density at radius 3 is 2.56 bits per heavy atom. The predicted octanol–water partition coefficient (Wildman–Crippen LogP) is 3.44. The highest BCUT2D eigenvalue weighted by atomic mass is 16.4. The minimum Gasteiger partial charge on any atom is -0.479 e. The van der Waals surface area contributed by atoms with Crippen LogP contribution in [0.4, 0.5) is 5.69 Å². The Labute approximate surface area is 108 Å².